The van der Waals surface area contributed by atoms with Crippen LogP contribution in [0.15, 0.2) is 47.1 Å². The molecule has 1 fully saturated rings. The fraction of sp³-hybridized carbons (Fsp3) is 0.294. The van der Waals surface area contributed by atoms with Crippen molar-refractivity contribution >= 4 is 17.5 Å². The third-order valence-electron chi connectivity index (χ3n) is 4.01. The molecule has 5 nitrogen and oxygen atoms in total. The summed E-state index contributed by atoms with van der Waals surface area (Å²) in [5.74, 6) is -0.804. The van der Waals surface area contributed by atoms with E-state index in [0.717, 1.165) is 12.1 Å². The quantitative estimate of drug-likeness (QED) is 0.919. The van der Waals surface area contributed by atoms with Gasteiger partial charge in [0, 0.05) is 12.2 Å². The molecule has 3 rings (SSSR count). The van der Waals surface area contributed by atoms with Crippen LogP contribution in [0.2, 0.25) is 0 Å². The molecule has 0 radical (unpaired) electrons. The van der Waals surface area contributed by atoms with Gasteiger partial charge in [0.25, 0.3) is 5.91 Å². The number of amides is 2. The number of carbonyl (C=O) groups is 2. The van der Waals surface area contributed by atoms with Gasteiger partial charge in [-0.3, -0.25) is 9.59 Å². The van der Waals surface area contributed by atoms with Gasteiger partial charge in [-0.05, 0) is 43.2 Å². The molecule has 1 aliphatic heterocycles. The molecule has 132 valence electrons. The second-order valence-electron chi connectivity index (χ2n) is 5.70. The lowest BCUT2D eigenvalue weighted by atomic mass is 10.1. The minimum atomic E-state index is -4.49. The predicted molar refractivity (Wildman–Crippen MR) is 82.8 cm³/mol. The van der Waals surface area contributed by atoms with Crippen LogP contribution < -0.4 is 5.32 Å². The van der Waals surface area contributed by atoms with Crippen molar-refractivity contribution < 1.29 is 27.2 Å². The fourth-order valence-corrected chi connectivity index (χ4v) is 2.82. The molecule has 0 aliphatic carbocycles. The van der Waals surface area contributed by atoms with Crippen molar-refractivity contribution in [1.29, 1.82) is 0 Å². The zero-order chi connectivity index (χ0) is 18.0. The number of nitrogens with zero attached hydrogens (tertiary/aromatic N) is 1. The largest absolute Gasteiger partial charge is 0.459 e. The highest BCUT2D eigenvalue weighted by Gasteiger charge is 2.36. The maximum atomic E-state index is 12.8. The van der Waals surface area contributed by atoms with Crippen molar-refractivity contribution in [3.8, 4) is 0 Å². The van der Waals surface area contributed by atoms with Gasteiger partial charge in [0.05, 0.1) is 11.8 Å². The molecule has 1 aromatic carbocycles. The molecule has 1 aromatic heterocycles. The number of benzene rings is 1. The number of anilines is 1. The summed E-state index contributed by atoms with van der Waals surface area (Å²) in [6, 6.07) is 6.72. The van der Waals surface area contributed by atoms with Gasteiger partial charge in [-0.1, -0.05) is 6.07 Å². The molecular weight excluding hydrogens is 337 g/mol. The first-order valence-electron chi connectivity index (χ1n) is 7.69. The van der Waals surface area contributed by atoms with Crippen molar-refractivity contribution in [3.63, 3.8) is 0 Å². The monoisotopic (exact) mass is 352 g/mol. The number of hydrogen-bond acceptors (Lipinski definition) is 3. The SMILES string of the molecule is O=C(Nc1cccc(C(F)(F)F)c1)[C@@H]1CCCN1C(=O)c1ccco1. The number of furan rings is 1. The van der Waals surface area contributed by atoms with E-state index in [4.69, 9.17) is 4.42 Å². The third-order valence-corrected chi connectivity index (χ3v) is 4.01. The Morgan fingerprint density at radius 3 is 2.68 bits per heavy atom. The average molecular weight is 352 g/mol. The van der Waals surface area contributed by atoms with Crippen LogP contribution in [0, 0.1) is 0 Å². The van der Waals surface area contributed by atoms with E-state index >= 15 is 0 Å². The van der Waals surface area contributed by atoms with Crippen LogP contribution in [0.25, 0.3) is 0 Å². The molecule has 0 spiro atoms. The summed E-state index contributed by atoms with van der Waals surface area (Å²) in [4.78, 5) is 26.2. The minimum Gasteiger partial charge on any atom is -0.459 e. The Morgan fingerprint density at radius 1 is 1.20 bits per heavy atom. The zero-order valence-corrected chi connectivity index (χ0v) is 13.0. The number of hydrogen-bond donors (Lipinski definition) is 1. The summed E-state index contributed by atoms with van der Waals surface area (Å²) in [7, 11) is 0. The van der Waals surface area contributed by atoms with E-state index in [1.165, 1.54) is 29.4 Å². The molecular formula is C17H15F3N2O3. The van der Waals surface area contributed by atoms with Crippen molar-refractivity contribution in [1.82, 2.24) is 4.90 Å². The van der Waals surface area contributed by atoms with Crippen molar-refractivity contribution in [2.24, 2.45) is 0 Å². The highest BCUT2D eigenvalue weighted by atomic mass is 19.4. The molecule has 0 saturated carbocycles. The maximum absolute atomic E-state index is 12.8. The lowest BCUT2D eigenvalue weighted by Gasteiger charge is -2.23. The summed E-state index contributed by atoms with van der Waals surface area (Å²) in [5.41, 5.74) is -0.808. The van der Waals surface area contributed by atoms with Crippen LogP contribution >= 0.6 is 0 Å². The Kier molecular flexibility index (Phi) is 4.52. The Labute approximate surface area is 141 Å². The predicted octanol–water partition coefficient (Wildman–Crippen LogP) is 3.54. The molecule has 2 aromatic rings. The Balaban J connectivity index is 1.73. The summed E-state index contributed by atoms with van der Waals surface area (Å²) in [6.45, 7) is 0.389. The molecule has 1 aliphatic rings. The molecule has 25 heavy (non-hydrogen) atoms. The van der Waals surface area contributed by atoms with E-state index in [0.29, 0.717) is 19.4 Å². The third kappa shape index (κ3) is 3.67. The number of likely N-dealkylation sites (tertiary alicyclic amines) is 1. The van der Waals surface area contributed by atoms with Crippen LogP contribution in [0.1, 0.15) is 29.0 Å². The van der Waals surface area contributed by atoms with Gasteiger partial charge < -0.3 is 14.6 Å². The van der Waals surface area contributed by atoms with Crippen LogP contribution in [-0.2, 0) is 11.0 Å². The molecule has 8 heteroatoms. The number of halogens is 3. The Hall–Kier alpha value is -2.77. The van der Waals surface area contributed by atoms with Gasteiger partial charge in [-0.25, -0.2) is 0 Å². The topological polar surface area (TPSA) is 62.6 Å². The van der Waals surface area contributed by atoms with E-state index in [-0.39, 0.29) is 11.4 Å². The molecule has 1 N–H and O–H groups in total. The number of nitrogens with one attached hydrogen (secondary N) is 1. The standard InChI is InChI=1S/C17H15F3N2O3/c18-17(19,20)11-4-1-5-12(10-11)21-15(23)13-6-2-8-22(13)16(24)14-7-3-9-25-14/h1,3-5,7,9-10,13H,2,6,8H2,(H,21,23)/t13-/m0/s1. The lowest BCUT2D eigenvalue weighted by Crippen LogP contribution is -2.43. The smallest absolute Gasteiger partial charge is 0.416 e. The van der Waals surface area contributed by atoms with Crippen molar-refractivity contribution in [2.75, 3.05) is 11.9 Å². The van der Waals surface area contributed by atoms with Crippen LogP contribution in [-0.4, -0.2) is 29.3 Å². The van der Waals surface area contributed by atoms with Gasteiger partial charge in [0.1, 0.15) is 6.04 Å². The maximum Gasteiger partial charge on any atom is 0.416 e. The molecule has 2 heterocycles. The van der Waals surface area contributed by atoms with Gasteiger partial charge in [0.2, 0.25) is 5.91 Å². The fourth-order valence-electron chi connectivity index (χ4n) is 2.82. The highest BCUT2D eigenvalue weighted by Crippen LogP contribution is 2.31. The second-order valence-corrected chi connectivity index (χ2v) is 5.70. The van der Waals surface area contributed by atoms with E-state index < -0.39 is 29.6 Å². The summed E-state index contributed by atoms with van der Waals surface area (Å²) in [5, 5.41) is 2.46. The minimum absolute atomic E-state index is 0.0390. The van der Waals surface area contributed by atoms with E-state index in [2.05, 4.69) is 5.32 Å². The Morgan fingerprint density at radius 2 is 2.00 bits per heavy atom. The summed E-state index contributed by atoms with van der Waals surface area (Å²) < 4.78 is 43.3. The molecule has 0 bridgehead atoms. The first kappa shape index (κ1) is 17.1. The second kappa shape index (κ2) is 6.62. The van der Waals surface area contributed by atoms with Crippen molar-refractivity contribution in [2.45, 2.75) is 25.1 Å². The van der Waals surface area contributed by atoms with Gasteiger partial charge in [0.15, 0.2) is 5.76 Å². The van der Waals surface area contributed by atoms with E-state index in [1.54, 1.807) is 6.07 Å². The summed E-state index contributed by atoms with van der Waals surface area (Å²) in [6.07, 6.45) is -2.05. The van der Waals surface area contributed by atoms with Gasteiger partial charge in [-0.15, -0.1) is 0 Å². The normalized spacial score (nSPS) is 17.6. The van der Waals surface area contributed by atoms with Crippen LogP contribution in [0.5, 0.6) is 0 Å². The van der Waals surface area contributed by atoms with E-state index in [9.17, 15) is 22.8 Å². The van der Waals surface area contributed by atoms with E-state index in [1.807, 2.05) is 0 Å². The number of alkyl halides is 3. The Bertz CT molecular complexity index is 772. The average Bonchev–Trinajstić information content (AvgIpc) is 3.25. The first-order chi connectivity index (χ1) is 11.9. The molecule has 0 unspecified atom stereocenters. The first-order valence-corrected chi connectivity index (χ1v) is 7.69. The summed E-state index contributed by atoms with van der Waals surface area (Å²) >= 11 is 0. The van der Waals surface area contributed by atoms with Gasteiger partial charge in [-0.2, -0.15) is 13.2 Å². The number of carbonyl (C=O) groups excluding carboxylic acids is 2. The molecule has 2 amide bonds. The van der Waals surface area contributed by atoms with Crippen LogP contribution in [0.3, 0.4) is 0 Å². The highest BCUT2D eigenvalue weighted by molar-refractivity contribution is 6.00. The lowest BCUT2D eigenvalue weighted by molar-refractivity contribution is -0.137. The van der Waals surface area contributed by atoms with Gasteiger partial charge >= 0.3 is 6.18 Å². The number of rotatable bonds is 3. The van der Waals surface area contributed by atoms with Crippen molar-refractivity contribution in [3.05, 3.63) is 54.0 Å². The zero-order valence-electron chi connectivity index (χ0n) is 13.0. The van der Waals surface area contributed by atoms with Crippen LogP contribution in [0.4, 0.5) is 18.9 Å². The molecule has 1 saturated heterocycles. The molecule has 1 atom stereocenters.